The summed E-state index contributed by atoms with van der Waals surface area (Å²) in [5.41, 5.74) is 3.04. The van der Waals surface area contributed by atoms with Gasteiger partial charge >= 0.3 is 6.09 Å². The molecule has 0 fully saturated rings. The molecule has 0 aliphatic heterocycles. The quantitative estimate of drug-likeness (QED) is 0.289. The summed E-state index contributed by atoms with van der Waals surface area (Å²) < 4.78 is 8.55. The number of carbonyl (C=O) groups is 3. The van der Waals surface area contributed by atoms with Gasteiger partial charge in [-0.1, -0.05) is 42.5 Å². The van der Waals surface area contributed by atoms with E-state index in [1.807, 2.05) is 63.2 Å². The van der Waals surface area contributed by atoms with Crippen molar-refractivity contribution in [2.45, 2.75) is 32.9 Å². The number of aromatic nitrogens is 1. The van der Waals surface area contributed by atoms with E-state index in [4.69, 9.17) is 4.74 Å². The molecule has 0 saturated heterocycles. The summed E-state index contributed by atoms with van der Waals surface area (Å²) >= 11 is 6.79. The standard InChI is InChI=1S/C27H30Br2N4O4/c1-27(2,3)37-26(36)32-16-17-9-11-18(12-10-17)19-7-5-6-8-20(19)24(34)30-13-14-31-25(35)22-15-21(28)23(29)33(22)4/h5-12,15H,13-14,16H2,1-4H3,(H,30,34)(H,31,35)(H,32,36). The molecule has 3 N–H and O–H groups in total. The summed E-state index contributed by atoms with van der Waals surface area (Å²) in [6.45, 7) is 6.34. The minimum absolute atomic E-state index is 0.232. The number of ether oxygens (including phenoxy) is 1. The van der Waals surface area contributed by atoms with E-state index in [0.717, 1.165) is 25.8 Å². The van der Waals surface area contributed by atoms with Gasteiger partial charge in [0.15, 0.2) is 0 Å². The van der Waals surface area contributed by atoms with Crippen molar-refractivity contribution in [1.82, 2.24) is 20.5 Å². The van der Waals surface area contributed by atoms with Crippen LogP contribution in [0.3, 0.4) is 0 Å². The Morgan fingerprint density at radius 2 is 1.51 bits per heavy atom. The Kier molecular flexibility index (Phi) is 9.56. The number of alkyl carbamates (subject to hydrolysis) is 1. The van der Waals surface area contributed by atoms with Gasteiger partial charge < -0.3 is 25.3 Å². The summed E-state index contributed by atoms with van der Waals surface area (Å²) in [6.07, 6.45) is -0.473. The van der Waals surface area contributed by atoms with Crippen LogP contribution >= 0.6 is 31.9 Å². The van der Waals surface area contributed by atoms with E-state index in [1.165, 1.54) is 0 Å². The molecule has 0 unspecified atom stereocenters. The monoisotopic (exact) mass is 632 g/mol. The van der Waals surface area contributed by atoms with Crippen LogP contribution in [0.2, 0.25) is 0 Å². The van der Waals surface area contributed by atoms with Crippen LogP contribution in [-0.4, -0.2) is 41.2 Å². The average molecular weight is 634 g/mol. The third-order valence-corrected chi connectivity index (χ3v) is 7.41. The van der Waals surface area contributed by atoms with Gasteiger partial charge in [0.1, 0.15) is 11.3 Å². The third kappa shape index (κ3) is 7.93. The molecule has 0 aliphatic rings. The van der Waals surface area contributed by atoms with Gasteiger partial charge in [-0.15, -0.1) is 0 Å². The minimum atomic E-state index is -0.555. The highest BCUT2D eigenvalue weighted by molar-refractivity contribution is 9.13. The first-order valence-corrected chi connectivity index (χ1v) is 13.3. The Bertz CT molecular complexity index is 1280. The van der Waals surface area contributed by atoms with Crippen LogP contribution in [0.15, 0.2) is 63.7 Å². The van der Waals surface area contributed by atoms with E-state index in [2.05, 4.69) is 47.8 Å². The molecule has 196 valence electrons. The van der Waals surface area contributed by atoms with E-state index in [1.54, 1.807) is 23.7 Å². The smallest absolute Gasteiger partial charge is 0.407 e. The molecule has 0 saturated carbocycles. The summed E-state index contributed by atoms with van der Waals surface area (Å²) in [7, 11) is 1.78. The predicted octanol–water partition coefficient (Wildman–Crippen LogP) is 5.40. The minimum Gasteiger partial charge on any atom is -0.444 e. The van der Waals surface area contributed by atoms with E-state index in [-0.39, 0.29) is 24.9 Å². The third-order valence-electron chi connectivity index (χ3n) is 5.32. The normalized spacial score (nSPS) is 11.1. The molecule has 1 aromatic heterocycles. The molecule has 0 aliphatic carbocycles. The number of hydrogen-bond donors (Lipinski definition) is 3. The van der Waals surface area contributed by atoms with Crippen molar-refractivity contribution < 1.29 is 19.1 Å². The lowest BCUT2D eigenvalue weighted by atomic mass is 9.98. The Labute approximate surface area is 233 Å². The van der Waals surface area contributed by atoms with E-state index >= 15 is 0 Å². The Balaban J connectivity index is 1.56. The van der Waals surface area contributed by atoms with Crippen LogP contribution < -0.4 is 16.0 Å². The number of rotatable bonds is 8. The first-order valence-electron chi connectivity index (χ1n) is 11.7. The van der Waals surface area contributed by atoms with E-state index < -0.39 is 11.7 Å². The lowest BCUT2D eigenvalue weighted by Gasteiger charge is -2.19. The second-order valence-electron chi connectivity index (χ2n) is 9.34. The first-order chi connectivity index (χ1) is 17.5. The number of hydrogen-bond acceptors (Lipinski definition) is 4. The maximum absolute atomic E-state index is 12.9. The maximum Gasteiger partial charge on any atom is 0.407 e. The molecular formula is C27H30Br2N4O4. The fourth-order valence-corrected chi connectivity index (χ4v) is 4.31. The molecule has 10 heteroatoms. The highest BCUT2D eigenvalue weighted by atomic mass is 79.9. The average Bonchev–Trinajstić information content (AvgIpc) is 3.11. The Morgan fingerprint density at radius 3 is 2.11 bits per heavy atom. The number of nitrogens with zero attached hydrogens (tertiary/aromatic N) is 1. The van der Waals surface area contributed by atoms with Crippen molar-refractivity contribution in [3.63, 3.8) is 0 Å². The van der Waals surface area contributed by atoms with Crippen LogP contribution in [0, 0.1) is 0 Å². The molecule has 3 rings (SSSR count). The SMILES string of the molecule is Cn1c(C(=O)NCCNC(=O)c2ccccc2-c2ccc(CNC(=O)OC(C)(C)C)cc2)cc(Br)c1Br. The van der Waals surface area contributed by atoms with Gasteiger partial charge in [0, 0.05) is 32.2 Å². The van der Waals surface area contributed by atoms with Gasteiger partial charge in [-0.25, -0.2) is 4.79 Å². The van der Waals surface area contributed by atoms with E-state index in [0.29, 0.717) is 17.8 Å². The van der Waals surface area contributed by atoms with Gasteiger partial charge in [0.05, 0.1) is 9.08 Å². The van der Waals surface area contributed by atoms with Crippen LogP contribution in [0.1, 0.15) is 47.2 Å². The molecule has 3 amide bonds. The number of benzene rings is 2. The molecule has 3 aromatic rings. The van der Waals surface area contributed by atoms with Crippen molar-refractivity contribution in [1.29, 1.82) is 0 Å². The molecule has 0 radical (unpaired) electrons. The highest BCUT2D eigenvalue weighted by Gasteiger charge is 2.17. The van der Waals surface area contributed by atoms with Gasteiger partial charge in [-0.3, -0.25) is 9.59 Å². The second-order valence-corrected chi connectivity index (χ2v) is 10.9. The van der Waals surface area contributed by atoms with Gasteiger partial charge in [-0.05, 0) is 81.5 Å². The summed E-state index contributed by atoms with van der Waals surface area (Å²) in [4.78, 5) is 37.2. The summed E-state index contributed by atoms with van der Waals surface area (Å²) in [6, 6.07) is 16.7. The van der Waals surface area contributed by atoms with Crippen LogP contribution in [0.4, 0.5) is 4.79 Å². The topological polar surface area (TPSA) is 101 Å². The molecule has 8 nitrogen and oxygen atoms in total. The number of carbonyl (C=O) groups excluding carboxylic acids is 3. The van der Waals surface area contributed by atoms with E-state index in [9.17, 15) is 14.4 Å². The highest BCUT2D eigenvalue weighted by Crippen LogP contribution is 2.26. The zero-order chi connectivity index (χ0) is 27.2. The molecule has 1 heterocycles. The zero-order valence-corrected chi connectivity index (χ0v) is 24.3. The van der Waals surface area contributed by atoms with Crippen molar-refractivity contribution in [2.24, 2.45) is 7.05 Å². The number of halogens is 2. The first kappa shape index (κ1) is 28.5. The van der Waals surface area contributed by atoms with Crippen LogP contribution in [0.25, 0.3) is 11.1 Å². The fraction of sp³-hybridized carbons (Fsp3) is 0.296. The molecule has 2 aromatic carbocycles. The van der Waals surface area contributed by atoms with Crippen LogP contribution in [-0.2, 0) is 18.3 Å². The number of nitrogens with one attached hydrogen (secondary N) is 3. The molecule has 0 atom stereocenters. The van der Waals surface area contributed by atoms with Gasteiger partial charge in [0.25, 0.3) is 11.8 Å². The molecule has 0 bridgehead atoms. The fourth-order valence-electron chi connectivity index (χ4n) is 3.52. The largest absolute Gasteiger partial charge is 0.444 e. The Morgan fingerprint density at radius 1 is 0.892 bits per heavy atom. The number of amides is 3. The maximum atomic E-state index is 12.9. The molecule has 37 heavy (non-hydrogen) atoms. The van der Waals surface area contributed by atoms with Crippen molar-refractivity contribution in [3.8, 4) is 11.1 Å². The van der Waals surface area contributed by atoms with Gasteiger partial charge in [0.2, 0.25) is 0 Å². The lowest BCUT2D eigenvalue weighted by molar-refractivity contribution is 0.0523. The van der Waals surface area contributed by atoms with Crippen LogP contribution in [0.5, 0.6) is 0 Å². The summed E-state index contributed by atoms with van der Waals surface area (Å²) in [5.74, 6) is -0.463. The molecule has 0 spiro atoms. The van der Waals surface area contributed by atoms with Crippen molar-refractivity contribution in [3.05, 3.63) is 80.5 Å². The van der Waals surface area contributed by atoms with Gasteiger partial charge in [-0.2, -0.15) is 0 Å². The summed E-state index contributed by atoms with van der Waals surface area (Å²) in [5, 5.41) is 8.42. The predicted molar refractivity (Wildman–Crippen MR) is 150 cm³/mol. The van der Waals surface area contributed by atoms with Crippen molar-refractivity contribution >= 4 is 49.8 Å². The second kappa shape index (κ2) is 12.4. The lowest BCUT2D eigenvalue weighted by Crippen LogP contribution is -2.35. The van der Waals surface area contributed by atoms with Crippen molar-refractivity contribution in [2.75, 3.05) is 13.1 Å². The molecular weight excluding hydrogens is 604 g/mol. The zero-order valence-electron chi connectivity index (χ0n) is 21.2. The Hall–Kier alpha value is -3.11.